The van der Waals surface area contributed by atoms with E-state index in [9.17, 15) is 0 Å². The molecule has 0 aromatic rings. The van der Waals surface area contributed by atoms with Crippen LogP contribution in [0.2, 0.25) is 0 Å². The van der Waals surface area contributed by atoms with E-state index in [0.29, 0.717) is 0 Å². The number of nitrogens with one attached hydrogen (secondary N) is 1. The minimum atomic E-state index is 0.0731. The van der Waals surface area contributed by atoms with Crippen molar-refractivity contribution in [2.24, 2.45) is 11.8 Å². The average Bonchev–Trinajstić information content (AvgIpc) is 2.19. The summed E-state index contributed by atoms with van der Waals surface area (Å²) in [5.41, 5.74) is 0.0731. The van der Waals surface area contributed by atoms with Gasteiger partial charge in [-0.25, -0.2) is 0 Å². The Labute approximate surface area is 87.4 Å². The van der Waals surface area contributed by atoms with Crippen LogP contribution in [0.5, 0.6) is 0 Å². The van der Waals surface area contributed by atoms with E-state index >= 15 is 0 Å². The lowest BCUT2D eigenvalue weighted by Crippen LogP contribution is -2.54. The van der Waals surface area contributed by atoms with Crippen LogP contribution in [0.25, 0.3) is 0 Å². The highest BCUT2D eigenvalue weighted by atomic mass is 16.5. The lowest BCUT2D eigenvalue weighted by Gasteiger charge is -2.44. The van der Waals surface area contributed by atoms with E-state index in [1.54, 1.807) is 0 Å². The van der Waals surface area contributed by atoms with Crippen LogP contribution in [-0.2, 0) is 4.74 Å². The molecule has 1 aliphatic carbocycles. The normalized spacial score (nSPS) is 39.2. The van der Waals surface area contributed by atoms with Gasteiger partial charge in [-0.15, -0.1) is 0 Å². The second kappa shape index (κ2) is 4.19. The van der Waals surface area contributed by atoms with Crippen LogP contribution in [0, 0.1) is 11.8 Å². The maximum atomic E-state index is 5.92. The van der Waals surface area contributed by atoms with Crippen molar-refractivity contribution in [2.75, 3.05) is 13.2 Å². The monoisotopic (exact) mass is 197 g/mol. The number of hydrogen-bond acceptors (Lipinski definition) is 2. The molecule has 0 radical (unpaired) electrons. The molecule has 1 N–H and O–H groups in total. The third-order valence-electron chi connectivity index (χ3n) is 3.93. The highest BCUT2D eigenvalue weighted by Gasteiger charge is 2.37. The summed E-state index contributed by atoms with van der Waals surface area (Å²) in [5.74, 6) is 1.77. The fourth-order valence-corrected chi connectivity index (χ4v) is 2.80. The second-order valence-electron chi connectivity index (χ2n) is 5.20. The Hall–Kier alpha value is -0.0800. The Morgan fingerprint density at radius 2 is 2.00 bits per heavy atom. The predicted molar refractivity (Wildman–Crippen MR) is 58.1 cm³/mol. The summed E-state index contributed by atoms with van der Waals surface area (Å²) < 4.78 is 5.92. The van der Waals surface area contributed by atoms with Gasteiger partial charge in [-0.1, -0.05) is 13.8 Å². The molecule has 2 heteroatoms. The van der Waals surface area contributed by atoms with Crippen molar-refractivity contribution in [2.45, 2.75) is 51.7 Å². The Morgan fingerprint density at radius 1 is 1.29 bits per heavy atom. The first-order valence-corrected chi connectivity index (χ1v) is 6.11. The van der Waals surface area contributed by atoms with Crippen molar-refractivity contribution in [1.29, 1.82) is 0 Å². The van der Waals surface area contributed by atoms with Gasteiger partial charge in [-0.3, -0.25) is 5.32 Å². The molecular formula is C12H23NO. The van der Waals surface area contributed by atoms with Crippen LogP contribution in [0.1, 0.15) is 46.0 Å². The summed E-state index contributed by atoms with van der Waals surface area (Å²) >= 11 is 0. The molecule has 1 spiro atoms. The molecular weight excluding hydrogens is 174 g/mol. The van der Waals surface area contributed by atoms with Crippen LogP contribution in [0.15, 0.2) is 0 Å². The summed E-state index contributed by atoms with van der Waals surface area (Å²) in [6, 6.07) is 0. The first-order valence-electron chi connectivity index (χ1n) is 6.11. The van der Waals surface area contributed by atoms with Gasteiger partial charge in [0, 0.05) is 0 Å². The molecule has 1 aliphatic heterocycles. The molecule has 0 atom stereocenters. The molecule has 0 bridgehead atoms. The molecule has 2 aliphatic rings. The molecule has 2 rings (SSSR count). The number of rotatable bonds is 1. The zero-order valence-electron chi connectivity index (χ0n) is 9.51. The molecule has 14 heavy (non-hydrogen) atoms. The Kier molecular flexibility index (Phi) is 3.13. The Morgan fingerprint density at radius 3 is 2.50 bits per heavy atom. The van der Waals surface area contributed by atoms with Gasteiger partial charge in [-0.05, 0) is 50.5 Å². The van der Waals surface area contributed by atoms with Crippen molar-refractivity contribution >= 4 is 0 Å². The van der Waals surface area contributed by atoms with Gasteiger partial charge in [0.05, 0.1) is 6.61 Å². The smallest absolute Gasteiger partial charge is 0.119 e. The van der Waals surface area contributed by atoms with Crippen molar-refractivity contribution < 1.29 is 4.74 Å². The van der Waals surface area contributed by atoms with Gasteiger partial charge in [0.2, 0.25) is 0 Å². The van der Waals surface area contributed by atoms with E-state index in [1.807, 2.05) is 0 Å². The summed E-state index contributed by atoms with van der Waals surface area (Å²) in [5, 5.41) is 3.57. The number of hydrogen-bond donors (Lipinski definition) is 1. The van der Waals surface area contributed by atoms with E-state index < -0.39 is 0 Å². The van der Waals surface area contributed by atoms with Gasteiger partial charge in [0.1, 0.15) is 5.72 Å². The Balaban J connectivity index is 1.87. The van der Waals surface area contributed by atoms with E-state index in [2.05, 4.69) is 19.2 Å². The van der Waals surface area contributed by atoms with Crippen LogP contribution in [0.3, 0.4) is 0 Å². The van der Waals surface area contributed by atoms with Crippen molar-refractivity contribution in [1.82, 2.24) is 5.32 Å². The molecule has 0 aromatic heterocycles. The molecule has 2 nitrogen and oxygen atoms in total. The highest BCUT2D eigenvalue weighted by Crippen LogP contribution is 2.37. The SMILES string of the molecule is CC(C)C1CCC2(CC1)NCCCO2. The fourth-order valence-electron chi connectivity index (χ4n) is 2.80. The Bertz CT molecular complexity index is 175. The number of ether oxygens (including phenoxy) is 1. The quantitative estimate of drug-likeness (QED) is 0.697. The zero-order chi connectivity index (χ0) is 10.0. The first kappa shape index (κ1) is 10.4. The minimum absolute atomic E-state index is 0.0731. The lowest BCUT2D eigenvalue weighted by atomic mass is 9.77. The topological polar surface area (TPSA) is 21.3 Å². The van der Waals surface area contributed by atoms with Gasteiger partial charge in [0.15, 0.2) is 0 Å². The maximum Gasteiger partial charge on any atom is 0.119 e. The third kappa shape index (κ3) is 2.12. The molecule has 82 valence electrons. The van der Waals surface area contributed by atoms with E-state index in [-0.39, 0.29) is 5.72 Å². The predicted octanol–water partition coefficient (Wildman–Crippen LogP) is 2.54. The highest BCUT2D eigenvalue weighted by molar-refractivity contribution is 4.87. The first-order chi connectivity index (χ1) is 6.72. The van der Waals surface area contributed by atoms with Crippen LogP contribution < -0.4 is 5.32 Å². The third-order valence-corrected chi connectivity index (χ3v) is 3.93. The summed E-state index contributed by atoms with van der Waals surface area (Å²) in [6.07, 6.45) is 6.29. The maximum absolute atomic E-state index is 5.92. The van der Waals surface area contributed by atoms with E-state index in [1.165, 1.54) is 32.1 Å². The fraction of sp³-hybridized carbons (Fsp3) is 1.00. The molecule has 1 heterocycles. The lowest BCUT2D eigenvalue weighted by molar-refractivity contribution is -0.125. The standard InChI is InChI=1S/C12H23NO/c1-10(2)11-4-6-12(7-5-11)13-8-3-9-14-12/h10-11,13H,3-9H2,1-2H3. The summed E-state index contributed by atoms with van der Waals surface area (Å²) in [7, 11) is 0. The van der Waals surface area contributed by atoms with Gasteiger partial charge >= 0.3 is 0 Å². The van der Waals surface area contributed by atoms with Crippen molar-refractivity contribution in [3.05, 3.63) is 0 Å². The van der Waals surface area contributed by atoms with Crippen molar-refractivity contribution in [3.8, 4) is 0 Å². The van der Waals surface area contributed by atoms with Crippen LogP contribution >= 0.6 is 0 Å². The molecule has 0 amide bonds. The van der Waals surface area contributed by atoms with Gasteiger partial charge < -0.3 is 4.74 Å². The van der Waals surface area contributed by atoms with Crippen LogP contribution in [0.4, 0.5) is 0 Å². The molecule has 0 aromatic carbocycles. The van der Waals surface area contributed by atoms with Crippen molar-refractivity contribution in [3.63, 3.8) is 0 Å². The van der Waals surface area contributed by atoms with Gasteiger partial charge in [0.25, 0.3) is 0 Å². The minimum Gasteiger partial charge on any atom is -0.361 e. The summed E-state index contributed by atoms with van der Waals surface area (Å²) in [6.45, 7) is 6.79. The van der Waals surface area contributed by atoms with E-state index in [0.717, 1.165) is 25.0 Å². The zero-order valence-corrected chi connectivity index (χ0v) is 9.51. The summed E-state index contributed by atoms with van der Waals surface area (Å²) in [4.78, 5) is 0. The largest absolute Gasteiger partial charge is 0.361 e. The molecule has 2 fully saturated rings. The van der Waals surface area contributed by atoms with E-state index in [4.69, 9.17) is 4.74 Å². The molecule has 1 saturated carbocycles. The second-order valence-corrected chi connectivity index (χ2v) is 5.20. The van der Waals surface area contributed by atoms with Crippen LogP contribution in [-0.4, -0.2) is 18.9 Å². The molecule has 0 unspecified atom stereocenters. The average molecular weight is 197 g/mol. The van der Waals surface area contributed by atoms with Gasteiger partial charge in [-0.2, -0.15) is 0 Å². The molecule has 1 saturated heterocycles.